The molecule has 2 atom stereocenters. The van der Waals surface area contributed by atoms with Crippen LogP contribution in [0.15, 0.2) is 67.0 Å². The molecule has 1 fully saturated rings. The van der Waals surface area contributed by atoms with Crippen molar-refractivity contribution in [2.24, 2.45) is 0 Å². The maximum Gasteiger partial charge on any atom is 0.413 e. The van der Waals surface area contributed by atoms with Crippen LogP contribution in [-0.4, -0.2) is 39.7 Å². The number of benzene rings is 2. The Morgan fingerprint density at radius 2 is 1.78 bits per heavy atom. The smallest absolute Gasteiger partial charge is 0.413 e. The molecule has 0 saturated carbocycles. The van der Waals surface area contributed by atoms with Gasteiger partial charge in [-0.3, -0.25) is 9.80 Å². The quantitative estimate of drug-likeness (QED) is 0.590. The Morgan fingerprint density at radius 1 is 1.06 bits per heavy atom. The van der Waals surface area contributed by atoms with Crippen LogP contribution < -0.4 is 4.90 Å². The van der Waals surface area contributed by atoms with Crippen LogP contribution in [0.4, 0.5) is 29.6 Å². The van der Waals surface area contributed by atoms with Gasteiger partial charge in [0.2, 0.25) is 5.95 Å². The molecule has 164 valence electrons. The van der Waals surface area contributed by atoms with Crippen LogP contribution in [0.5, 0.6) is 0 Å². The van der Waals surface area contributed by atoms with E-state index in [4.69, 9.17) is 4.74 Å². The van der Waals surface area contributed by atoms with Crippen LogP contribution in [0, 0.1) is 6.92 Å². The van der Waals surface area contributed by atoms with Crippen LogP contribution in [0.3, 0.4) is 0 Å². The first-order valence-corrected chi connectivity index (χ1v) is 10.1. The molecule has 1 saturated heterocycles. The number of rotatable bonds is 3. The van der Waals surface area contributed by atoms with Crippen molar-refractivity contribution in [1.29, 1.82) is 0 Å². The molecule has 2 aromatic carbocycles. The van der Waals surface area contributed by atoms with Crippen LogP contribution in [0.2, 0.25) is 0 Å². The van der Waals surface area contributed by atoms with E-state index < -0.39 is 23.9 Å². The second kappa shape index (κ2) is 7.22. The van der Waals surface area contributed by atoms with Crippen molar-refractivity contribution in [3.63, 3.8) is 0 Å². The minimum absolute atomic E-state index is 0.0974. The van der Waals surface area contributed by atoms with Gasteiger partial charge in [0.15, 0.2) is 11.6 Å². The Labute approximate surface area is 182 Å². The van der Waals surface area contributed by atoms with E-state index in [9.17, 15) is 18.0 Å². The predicted molar refractivity (Wildman–Crippen MR) is 110 cm³/mol. The average molecular weight is 440 g/mol. The number of amides is 1. The molecule has 0 aliphatic carbocycles. The van der Waals surface area contributed by atoms with E-state index in [1.165, 1.54) is 23.4 Å². The lowest BCUT2D eigenvalue weighted by molar-refractivity contribution is -0.183. The second-order valence-electron chi connectivity index (χ2n) is 7.93. The molecule has 0 N–H and O–H groups in total. The Kier molecular flexibility index (Phi) is 4.58. The molecule has 0 bridgehead atoms. The molecule has 5 rings (SSSR count). The maximum absolute atomic E-state index is 14.7. The number of aromatic nitrogens is 2. The number of aryl methyl sites for hydroxylation is 1. The van der Waals surface area contributed by atoms with Gasteiger partial charge in [0, 0.05) is 24.5 Å². The van der Waals surface area contributed by atoms with Crippen molar-refractivity contribution < 1.29 is 22.7 Å². The summed E-state index contributed by atoms with van der Waals surface area (Å²) < 4.78 is 49.6. The molecule has 3 aromatic rings. The lowest BCUT2D eigenvalue weighted by atomic mass is 9.88. The zero-order valence-corrected chi connectivity index (χ0v) is 17.1. The van der Waals surface area contributed by atoms with Crippen molar-refractivity contribution in [1.82, 2.24) is 14.9 Å². The molecule has 2 aliphatic rings. The minimum Gasteiger partial charge on any atom is -0.433 e. The second-order valence-corrected chi connectivity index (χ2v) is 7.93. The molecule has 6 nitrogen and oxygen atoms in total. The summed E-state index contributed by atoms with van der Waals surface area (Å²) in [5, 5.41) is 0. The highest BCUT2D eigenvalue weighted by molar-refractivity contribution is 5.79. The molecule has 1 spiro atoms. The van der Waals surface area contributed by atoms with Crippen LogP contribution in [0.25, 0.3) is 0 Å². The minimum atomic E-state index is -4.73. The van der Waals surface area contributed by atoms with Crippen molar-refractivity contribution in [3.05, 3.63) is 83.7 Å². The summed E-state index contributed by atoms with van der Waals surface area (Å²) in [6.45, 7) is 1.62. The summed E-state index contributed by atoms with van der Waals surface area (Å²) >= 11 is 0. The normalized spacial score (nSPS) is 22.4. The van der Waals surface area contributed by atoms with Crippen molar-refractivity contribution in [2.75, 3.05) is 11.4 Å². The number of alkyl halides is 3. The van der Waals surface area contributed by atoms with E-state index in [0.717, 1.165) is 10.5 Å². The molecule has 9 heteroatoms. The zero-order valence-electron chi connectivity index (χ0n) is 17.1. The van der Waals surface area contributed by atoms with E-state index in [0.29, 0.717) is 16.8 Å². The molecular weight excluding hydrogens is 421 g/mol. The first-order chi connectivity index (χ1) is 15.3. The Bertz CT molecular complexity index is 1160. The van der Waals surface area contributed by atoms with Crippen LogP contribution in [-0.2, 0) is 16.9 Å². The molecular formula is C23H19F3N4O2. The zero-order chi connectivity index (χ0) is 22.5. The molecule has 32 heavy (non-hydrogen) atoms. The first-order valence-electron chi connectivity index (χ1n) is 10.1. The number of anilines is 2. The highest BCUT2D eigenvalue weighted by atomic mass is 19.4. The van der Waals surface area contributed by atoms with Crippen molar-refractivity contribution in [2.45, 2.75) is 31.3 Å². The number of hydrogen-bond donors (Lipinski definition) is 0. The number of ether oxygens (including phenoxy) is 1. The average Bonchev–Trinajstić information content (AvgIpc) is 3.24. The molecule has 0 radical (unpaired) electrons. The van der Waals surface area contributed by atoms with Crippen LogP contribution >= 0.6 is 0 Å². The maximum atomic E-state index is 14.7. The topological polar surface area (TPSA) is 58.6 Å². The number of halogens is 3. The van der Waals surface area contributed by atoms with E-state index in [1.54, 1.807) is 25.1 Å². The van der Waals surface area contributed by atoms with Gasteiger partial charge in [-0.1, -0.05) is 48.5 Å². The fourth-order valence-electron chi connectivity index (χ4n) is 4.65. The summed E-state index contributed by atoms with van der Waals surface area (Å²) in [5.74, 6) is -0.0974. The van der Waals surface area contributed by atoms with Gasteiger partial charge in [-0.25, -0.2) is 14.8 Å². The van der Waals surface area contributed by atoms with Crippen molar-refractivity contribution >= 4 is 17.7 Å². The van der Waals surface area contributed by atoms with Gasteiger partial charge < -0.3 is 4.74 Å². The number of para-hydroxylation sites is 1. The van der Waals surface area contributed by atoms with Gasteiger partial charge in [-0.2, -0.15) is 13.2 Å². The fourth-order valence-corrected chi connectivity index (χ4v) is 4.65. The Hall–Kier alpha value is -3.62. The van der Waals surface area contributed by atoms with E-state index in [1.807, 2.05) is 30.3 Å². The standard InChI is InChI=1S/C23H19F3N4O2/c1-15-7-5-10-17-18(15)30(20-27-11-6-12-28-20)19(23(24,25)26)22(17)14-29(21(31)32-22)13-16-8-3-2-4-9-16/h2-12,19H,13-14H2,1H3. The van der Waals surface area contributed by atoms with Crippen molar-refractivity contribution in [3.8, 4) is 0 Å². The van der Waals surface area contributed by atoms with Gasteiger partial charge in [-0.15, -0.1) is 0 Å². The highest BCUT2D eigenvalue weighted by Crippen LogP contribution is 2.56. The Balaban J connectivity index is 1.66. The van der Waals surface area contributed by atoms with E-state index in [-0.39, 0.29) is 19.0 Å². The third-order valence-corrected chi connectivity index (χ3v) is 5.88. The fraction of sp³-hybridized carbons (Fsp3) is 0.261. The highest BCUT2D eigenvalue weighted by Gasteiger charge is 2.69. The van der Waals surface area contributed by atoms with Gasteiger partial charge in [-0.05, 0) is 24.1 Å². The van der Waals surface area contributed by atoms with Crippen LogP contribution in [0.1, 0.15) is 16.7 Å². The third kappa shape index (κ3) is 3.07. The molecule has 2 aliphatic heterocycles. The van der Waals surface area contributed by atoms with Gasteiger partial charge >= 0.3 is 12.3 Å². The largest absolute Gasteiger partial charge is 0.433 e. The number of nitrogens with zero attached hydrogens (tertiary/aromatic N) is 4. The summed E-state index contributed by atoms with van der Waals surface area (Å²) in [7, 11) is 0. The lowest BCUT2D eigenvalue weighted by Crippen LogP contribution is -2.54. The number of carbonyl (C=O) groups excluding carboxylic acids is 1. The third-order valence-electron chi connectivity index (χ3n) is 5.88. The predicted octanol–water partition coefficient (Wildman–Crippen LogP) is 4.72. The number of fused-ring (bicyclic) bond motifs is 2. The number of hydrogen-bond acceptors (Lipinski definition) is 5. The summed E-state index contributed by atoms with van der Waals surface area (Å²) in [6.07, 6.45) is -2.73. The lowest BCUT2D eigenvalue weighted by Gasteiger charge is -2.35. The van der Waals surface area contributed by atoms with Gasteiger partial charge in [0.1, 0.15) is 0 Å². The molecule has 1 amide bonds. The molecule has 3 heterocycles. The SMILES string of the molecule is Cc1cccc2c1N(c1ncccn1)C(C(F)(F)F)C21CN(Cc2ccccc2)C(=O)O1. The monoisotopic (exact) mass is 440 g/mol. The molecule has 1 aromatic heterocycles. The van der Waals surface area contributed by atoms with Gasteiger partial charge in [0.05, 0.1) is 12.2 Å². The summed E-state index contributed by atoms with van der Waals surface area (Å²) in [4.78, 5) is 23.4. The van der Waals surface area contributed by atoms with E-state index in [2.05, 4.69) is 9.97 Å². The first kappa shape index (κ1) is 20.3. The van der Waals surface area contributed by atoms with Gasteiger partial charge in [0.25, 0.3) is 0 Å². The summed E-state index contributed by atoms with van der Waals surface area (Å²) in [5.41, 5.74) is 0.0889. The molecule has 2 unspecified atom stereocenters. The number of carbonyl (C=O) groups is 1. The summed E-state index contributed by atoms with van der Waals surface area (Å²) in [6, 6.07) is 13.4. The Morgan fingerprint density at radius 3 is 2.47 bits per heavy atom. The van der Waals surface area contributed by atoms with E-state index >= 15 is 0 Å².